The number of aryl methyl sites for hydroxylation is 1. The largest absolute Gasteiger partial charge is 0.368 e. The summed E-state index contributed by atoms with van der Waals surface area (Å²) in [4.78, 5) is 9.03. The molecule has 0 saturated heterocycles. The number of hydrogen-bond acceptors (Lipinski definition) is 3. The molecular weight excluding hydrogens is 248 g/mol. The van der Waals surface area contributed by atoms with Crippen molar-refractivity contribution in [1.82, 2.24) is 14.5 Å². The van der Waals surface area contributed by atoms with Crippen LogP contribution in [0.25, 0.3) is 11.0 Å². The molecule has 0 saturated carbocycles. The first-order chi connectivity index (χ1) is 9.78. The molecule has 3 rings (SSSR count). The third-order valence-corrected chi connectivity index (χ3v) is 3.26. The number of nitrogens with zero attached hydrogens (tertiary/aromatic N) is 3. The first-order valence-corrected chi connectivity index (χ1v) is 6.89. The Kier molecular flexibility index (Phi) is 3.37. The van der Waals surface area contributed by atoms with Crippen LogP contribution in [0.15, 0.2) is 42.6 Å². The molecule has 3 aromatic rings. The van der Waals surface area contributed by atoms with Crippen molar-refractivity contribution in [1.29, 1.82) is 0 Å². The van der Waals surface area contributed by atoms with Crippen molar-refractivity contribution in [2.75, 3.05) is 11.9 Å². The van der Waals surface area contributed by atoms with Crippen LogP contribution < -0.4 is 5.32 Å². The molecule has 2 heterocycles. The van der Waals surface area contributed by atoms with Crippen molar-refractivity contribution in [2.24, 2.45) is 0 Å². The predicted octanol–water partition coefficient (Wildman–Crippen LogP) is 3.22. The maximum atomic E-state index is 4.52. The Morgan fingerprint density at radius 1 is 1.10 bits per heavy atom. The second kappa shape index (κ2) is 5.33. The van der Waals surface area contributed by atoms with Gasteiger partial charge in [-0.25, -0.2) is 9.97 Å². The third-order valence-electron chi connectivity index (χ3n) is 3.26. The van der Waals surface area contributed by atoms with Crippen LogP contribution in [0.4, 0.5) is 5.82 Å². The monoisotopic (exact) mass is 266 g/mol. The fourth-order valence-corrected chi connectivity index (χ4v) is 2.43. The normalized spacial score (nSPS) is 10.9. The van der Waals surface area contributed by atoms with Gasteiger partial charge < -0.3 is 9.88 Å². The van der Waals surface area contributed by atoms with Crippen LogP contribution in [0.3, 0.4) is 0 Å². The number of nitrogens with one attached hydrogen (secondary N) is 1. The van der Waals surface area contributed by atoms with Gasteiger partial charge in [0.2, 0.25) is 0 Å². The molecule has 0 unspecified atom stereocenters. The van der Waals surface area contributed by atoms with E-state index in [1.807, 2.05) is 19.1 Å². The molecule has 20 heavy (non-hydrogen) atoms. The molecule has 102 valence electrons. The fraction of sp³-hybridized carbons (Fsp3) is 0.250. The molecule has 4 nitrogen and oxygen atoms in total. The van der Waals surface area contributed by atoms with Gasteiger partial charge in [-0.2, -0.15) is 0 Å². The summed E-state index contributed by atoms with van der Waals surface area (Å²) >= 11 is 0. The van der Waals surface area contributed by atoms with Crippen LogP contribution >= 0.6 is 0 Å². The van der Waals surface area contributed by atoms with E-state index >= 15 is 0 Å². The Bertz CT molecular complexity index is 716. The highest BCUT2D eigenvalue weighted by Crippen LogP contribution is 2.22. The van der Waals surface area contributed by atoms with Crippen LogP contribution in [-0.4, -0.2) is 21.1 Å². The summed E-state index contributed by atoms with van der Waals surface area (Å²) in [5.41, 5.74) is 3.33. The molecule has 0 atom stereocenters. The number of benzene rings is 1. The molecule has 0 aliphatic rings. The van der Waals surface area contributed by atoms with Crippen LogP contribution in [0.1, 0.15) is 18.3 Å². The van der Waals surface area contributed by atoms with E-state index in [1.54, 1.807) is 0 Å². The summed E-state index contributed by atoms with van der Waals surface area (Å²) < 4.78 is 2.20. The van der Waals surface area contributed by atoms with E-state index in [-0.39, 0.29) is 0 Å². The van der Waals surface area contributed by atoms with Crippen molar-refractivity contribution in [3.63, 3.8) is 0 Å². The summed E-state index contributed by atoms with van der Waals surface area (Å²) in [5.74, 6) is 1.71. The van der Waals surface area contributed by atoms with Crippen LogP contribution in [-0.2, 0) is 6.54 Å². The van der Waals surface area contributed by atoms with Crippen molar-refractivity contribution in [3.8, 4) is 0 Å². The van der Waals surface area contributed by atoms with Crippen LogP contribution in [0.5, 0.6) is 0 Å². The van der Waals surface area contributed by atoms with Gasteiger partial charge in [0.15, 0.2) is 5.82 Å². The number of aromatic nitrogens is 3. The second-order valence-electron chi connectivity index (χ2n) is 4.81. The number of anilines is 1. The van der Waals surface area contributed by atoms with Gasteiger partial charge >= 0.3 is 0 Å². The Labute approximate surface area is 118 Å². The summed E-state index contributed by atoms with van der Waals surface area (Å²) in [6, 6.07) is 12.5. The Morgan fingerprint density at radius 3 is 2.65 bits per heavy atom. The zero-order valence-corrected chi connectivity index (χ0v) is 11.8. The van der Waals surface area contributed by atoms with Gasteiger partial charge in [0.1, 0.15) is 11.3 Å². The van der Waals surface area contributed by atoms with Gasteiger partial charge in [0.05, 0.1) is 5.52 Å². The molecular formula is C16H18N4. The van der Waals surface area contributed by atoms with Gasteiger partial charge in [0, 0.05) is 19.3 Å². The van der Waals surface area contributed by atoms with Crippen LogP contribution in [0.2, 0.25) is 0 Å². The summed E-state index contributed by atoms with van der Waals surface area (Å²) in [7, 11) is 0. The zero-order valence-electron chi connectivity index (χ0n) is 11.8. The van der Waals surface area contributed by atoms with Crippen molar-refractivity contribution in [2.45, 2.75) is 20.4 Å². The lowest BCUT2D eigenvalue weighted by Gasteiger charge is -2.10. The first-order valence-electron chi connectivity index (χ1n) is 6.89. The lowest BCUT2D eigenvalue weighted by molar-refractivity contribution is 0.833. The highest BCUT2D eigenvalue weighted by atomic mass is 15.1. The molecule has 0 radical (unpaired) electrons. The number of rotatable bonds is 4. The smallest absolute Gasteiger partial charge is 0.154 e. The molecule has 0 fully saturated rings. The molecule has 0 spiro atoms. The minimum atomic E-state index is 0.797. The molecule has 4 heteroatoms. The topological polar surface area (TPSA) is 42.7 Å². The van der Waals surface area contributed by atoms with Gasteiger partial charge in [-0.05, 0) is 25.5 Å². The maximum absolute atomic E-state index is 4.52. The molecule has 2 aromatic heterocycles. The minimum Gasteiger partial charge on any atom is -0.368 e. The first kappa shape index (κ1) is 12.7. The van der Waals surface area contributed by atoms with Gasteiger partial charge in [0.25, 0.3) is 0 Å². The van der Waals surface area contributed by atoms with Crippen molar-refractivity contribution >= 4 is 16.9 Å². The standard InChI is InChI=1S/C16H18N4/c1-3-17-16-15-14(18-12(2)19-16)9-10-20(15)11-13-7-5-4-6-8-13/h4-10H,3,11H2,1-2H3,(H,17,18,19). The van der Waals surface area contributed by atoms with E-state index < -0.39 is 0 Å². The molecule has 0 aliphatic heterocycles. The highest BCUT2D eigenvalue weighted by molar-refractivity contribution is 5.86. The molecule has 1 aromatic carbocycles. The SMILES string of the molecule is CCNc1nc(C)nc2ccn(Cc3ccccc3)c12. The van der Waals surface area contributed by atoms with E-state index in [0.717, 1.165) is 35.8 Å². The number of hydrogen-bond donors (Lipinski definition) is 1. The summed E-state index contributed by atoms with van der Waals surface area (Å²) in [6.45, 7) is 5.68. The molecule has 0 aliphatic carbocycles. The summed E-state index contributed by atoms with van der Waals surface area (Å²) in [6.07, 6.45) is 2.08. The van der Waals surface area contributed by atoms with E-state index in [0.29, 0.717) is 0 Å². The second-order valence-corrected chi connectivity index (χ2v) is 4.81. The third kappa shape index (κ3) is 2.37. The van der Waals surface area contributed by atoms with E-state index in [2.05, 4.69) is 57.2 Å². The number of fused-ring (bicyclic) bond motifs is 1. The molecule has 1 N–H and O–H groups in total. The molecule has 0 bridgehead atoms. The van der Waals surface area contributed by atoms with Crippen LogP contribution in [0, 0.1) is 6.92 Å². The fourth-order valence-electron chi connectivity index (χ4n) is 2.43. The van der Waals surface area contributed by atoms with Crippen molar-refractivity contribution in [3.05, 3.63) is 54.0 Å². The Morgan fingerprint density at radius 2 is 1.90 bits per heavy atom. The highest BCUT2D eigenvalue weighted by Gasteiger charge is 2.10. The maximum Gasteiger partial charge on any atom is 0.154 e. The zero-order chi connectivity index (χ0) is 13.9. The molecule has 0 amide bonds. The van der Waals surface area contributed by atoms with Gasteiger partial charge in [-0.15, -0.1) is 0 Å². The quantitative estimate of drug-likeness (QED) is 0.788. The average molecular weight is 266 g/mol. The van der Waals surface area contributed by atoms with Crippen molar-refractivity contribution < 1.29 is 0 Å². The van der Waals surface area contributed by atoms with Gasteiger partial charge in [-0.3, -0.25) is 0 Å². The van der Waals surface area contributed by atoms with E-state index in [1.165, 1.54) is 5.56 Å². The predicted molar refractivity (Wildman–Crippen MR) is 82.0 cm³/mol. The average Bonchev–Trinajstić information content (AvgIpc) is 2.83. The van der Waals surface area contributed by atoms with E-state index in [4.69, 9.17) is 0 Å². The van der Waals surface area contributed by atoms with E-state index in [9.17, 15) is 0 Å². The lowest BCUT2D eigenvalue weighted by Crippen LogP contribution is -2.06. The summed E-state index contributed by atoms with van der Waals surface area (Å²) in [5, 5.41) is 3.33. The Hall–Kier alpha value is -2.36. The van der Waals surface area contributed by atoms with Gasteiger partial charge in [-0.1, -0.05) is 30.3 Å². The Balaban J connectivity index is 2.07. The lowest BCUT2D eigenvalue weighted by atomic mass is 10.2. The minimum absolute atomic E-state index is 0.797.